The van der Waals surface area contributed by atoms with Gasteiger partial charge in [0, 0.05) is 53.2 Å². The van der Waals surface area contributed by atoms with Crippen LogP contribution in [0, 0.1) is 0 Å². The van der Waals surface area contributed by atoms with Crippen molar-refractivity contribution in [1.29, 1.82) is 0 Å². The van der Waals surface area contributed by atoms with Gasteiger partial charge in [-0.2, -0.15) is 0 Å². The number of aromatic nitrogens is 4. The third kappa shape index (κ3) is 5.70. The fraction of sp³-hybridized carbons (Fsp3) is 0. The van der Waals surface area contributed by atoms with Crippen LogP contribution in [-0.4, -0.2) is 19.5 Å². The topological polar surface area (TPSA) is 43.6 Å². The molecule has 4 nitrogen and oxygen atoms in total. The van der Waals surface area contributed by atoms with Crippen molar-refractivity contribution in [3.05, 3.63) is 206 Å². The smallest absolute Gasteiger partial charge is 0.164 e. The van der Waals surface area contributed by atoms with Gasteiger partial charge in [-0.05, 0) is 63.9 Å². The molecule has 9 aromatic carbocycles. The minimum atomic E-state index is 0.613. The van der Waals surface area contributed by atoms with Crippen molar-refractivity contribution in [2.45, 2.75) is 0 Å². The molecule has 0 aliphatic heterocycles. The summed E-state index contributed by atoms with van der Waals surface area (Å²) in [4.78, 5) is 15.8. The van der Waals surface area contributed by atoms with Crippen LogP contribution in [0.5, 0.6) is 0 Å². The molecule has 0 amide bonds. The molecule has 0 unspecified atom stereocenters. The maximum Gasteiger partial charge on any atom is 0.164 e. The van der Waals surface area contributed by atoms with Crippen molar-refractivity contribution in [2.75, 3.05) is 0 Å². The van der Waals surface area contributed by atoms with E-state index in [4.69, 9.17) is 15.0 Å². The van der Waals surface area contributed by atoms with Gasteiger partial charge in [0.2, 0.25) is 0 Å². The van der Waals surface area contributed by atoms with Gasteiger partial charge in [0.05, 0.1) is 16.7 Å². The highest BCUT2D eigenvalue weighted by molar-refractivity contribution is 7.26. The van der Waals surface area contributed by atoms with Gasteiger partial charge in [-0.25, -0.2) is 15.0 Å². The van der Waals surface area contributed by atoms with Crippen LogP contribution in [0.25, 0.3) is 115 Å². The lowest BCUT2D eigenvalue weighted by molar-refractivity contribution is 1.07. The Balaban J connectivity index is 1.08. The average molecular weight is 783 g/mol. The Morgan fingerprint density at radius 1 is 0.333 bits per heavy atom. The molecule has 0 aliphatic carbocycles. The van der Waals surface area contributed by atoms with Crippen LogP contribution in [0.3, 0.4) is 0 Å². The standard InChI is InChI=1S/C55H34N4S/c1-2-15-36(16-3-1)42-31-30-41(34-50(42)59-48-25-9-6-20-44(48)45-21-7-10-26-49(45)59)55-57-53(56-54(58-55)40-29-28-35-14-4-5-17-37(35)32-40)39-19-12-18-38(33-39)43-23-13-24-47-46-22-8-11-27-51(46)60-52(43)47/h1-34H. The summed E-state index contributed by atoms with van der Waals surface area (Å²) in [7, 11) is 0. The number of fused-ring (bicyclic) bond motifs is 7. The summed E-state index contributed by atoms with van der Waals surface area (Å²) >= 11 is 1.84. The van der Waals surface area contributed by atoms with Gasteiger partial charge >= 0.3 is 0 Å². The molecule has 0 N–H and O–H groups in total. The molecule has 0 saturated heterocycles. The molecule has 0 bridgehead atoms. The Morgan fingerprint density at radius 3 is 1.65 bits per heavy atom. The Labute approximate surface area is 350 Å². The van der Waals surface area contributed by atoms with E-state index in [9.17, 15) is 0 Å². The van der Waals surface area contributed by atoms with Crippen LogP contribution in [0.1, 0.15) is 0 Å². The highest BCUT2D eigenvalue weighted by Crippen LogP contribution is 2.42. The van der Waals surface area contributed by atoms with Crippen LogP contribution in [0.2, 0.25) is 0 Å². The third-order valence-electron chi connectivity index (χ3n) is 11.6. The molecule has 280 valence electrons. The molecule has 12 rings (SSSR count). The Bertz CT molecular complexity index is 3570. The Morgan fingerprint density at radius 2 is 0.883 bits per heavy atom. The first kappa shape index (κ1) is 34.3. The second kappa shape index (κ2) is 14.0. The van der Waals surface area contributed by atoms with Gasteiger partial charge in [0.25, 0.3) is 0 Å². The van der Waals surface area contributed by atoms with E-state index in [-0.39, 0.29) is 0 Å². The zero-order chi connectivity index (χ0) is 39.6. The van der Waals surface area contributed by atoms with E-state index in [1.54, 1.807) is 0 Å². The number of thiophene rings is 1. The second-order valence-corrected chi connectivity index (χ2v) is 16.2. The van der Waals surface area contributed by atoms with E-state index in [0.717, 1.165) is 55.5 Å². The monoisotopic (exact) mass is 782 g/mol. The zero-order valence-electron chi connectivity index (χ0n) is 32.3. The van der Waals surface area contributed by atoms with Crippen LogP contribution < -0.4 is 0 Å². The lowest BCUT2D eigenvalue weighted by Crippen LogP contribution is -2.02. The highest BCUT2D eigenvalue weighted by Gasteiger charge is 2.20. The van der Waals surface area contributed by atoms with E-state index >= 15 is 0 Å². The first-order chi connectivity index (χ1) is 29.7. The zero-order valence-corrected chi connectivity index (χ0v) is 33.1. The summed E-state index contributed by atoms with van der Waals surface area (Å²) in [6.07, 6.45) is 0. The van der Waals surface area contributed by atoms with E-state index in [1.807, 2.05) is 11.3 Å². The Kier molecular flexibility index (Phi) is 8.00. The molecule has 5 heteroatoms. The summed E-state index contributed by atoms with van der Waals surface area (Å²) in [6.45, 7) is 0. The summed E-state index contributed by atoms with van der Waals surface area (Å²) in [5.74, 6) is 1.86. The van der Waals surface area contributed by atoms with Gasteiger partial charge in [0.15, 0.2) is 17.5 Å². The van der Waals surface area contributed by atoms with Gasteiger partial charge in [0.1, 0.15) is 0 Å². The maximum absolute atomic E-state index is 5.31. The van der Waals surface area contributed by atoms with Crippen molar-refractivity contribution in [1.82, 2.24) is 19.5 Å². The number of hydrogen-bond donors (Lipinski definition) is 0. The molecule has 60 heavy (non-hydrogen) atoms. The number of benzene rings is 9. The van der Waals surface area contributed by atoms with E-state index in [2.05, 4.69) is 211 Å². The average Bonchev–Trinajstić information content (AvgIpc) is 3.87. The van der Waals surface area contributed by atoms with Crippen molar-refractivity contribution >= 4 is 64.1 Å². The maximum atomic E-state index is 5.31. The molecule has 0 fully saturated rings. The van der Waals surface area contributed by atoms with Crippen LogP contribution >= 0.6 is 11.3 Å². The van der Waals surface area contributed by atoms with Gasteiger partial charge in [-0.1, -0.05) is 170 Å². The lowest BCUT2D eigenvalue weighted by Gasteiger charge is -2.16. The molecule has 3 aromatic heterocycles. The highest BCUT2D eigenvalue weighted by atomic mass is 32.1. The van der Waals surface area contributed by atoms with Crippen molar-refractivity contribution in [3.8, 4) is 62.1 Å². The molecule has 0 aliphatic rings. The number of para-hydroxylation sites is 2. The largest absolute Gasteiger partial charge is 0.309 e. The van der Waals surface area contributed by atoms with Crippen molar-refractivity contribution in [2.24, 2.45) is 0 Å². The quantitative estimate of drug-likeness (QED) is 0.169. The normalized spacial score (nSPS) is 11.7. The fourth-order valence-electron chi connectivity index (χ4n) is 8.79. The predicted octanol–water partition coefficient (Wildman–Crippen LogP) is 14.8. The second-order valence-electron chi connectivity index (χ2n) is 15.2. The van der Waals surface area contributed by atoms with Crippen molar-refractivity contribution < 1.29 is 0 Å². The first-order valence-electron chi connectivity index (χ1n) is 20.2. The number of hydrogen-bond acceptors (Lipinski definition) is 4. The molecule has 0 saturated carbocycles. The van der Waals surface area contributed by atoms with E-state index in [1.165, 1.54) is 41.9 Å². The van der Waals surface area contributed by atoms with Crippen LogP contribution in [0.4, 0.5) is 0 Å². The number of rotatable bonds is 6. The van der Waals surface area contributed by atoms with Gasteiger partial charge in [-0.3, -0.25) is 0 Å². The summed E-state index contributed by atoms with van der Waals surface area (Å²) in [6, 6.07) is 73.3. The van der Waals surface area contributed by atoms with Gasteiger partial charge in [-0.15, -0.1) is 11.3 Å². The molecular weight excluding hydrogens is 749 g/mol. The third-order valence-corrected chi connectivity index (χ3v) is 12.9. The summed E-state index contributed by atoms with van der Waals surface area (Å²) in [5.41, 5.74) is 10.7. The van der Waals surface area contributed by atoms with Crippen LogP contribution in [-0.2, 0) is 0 Å². The van der Waals surface area contributed by atoms with E-state index < -0.39 is 0 Å². The minimum Gasteiger partial charge on any atom is -0.309 e. The fourth-order valence-corrected chi connectivity index (χ4v) is 10.0. The summed E-state index contributed by atoms with van der Waals surface area (Å²) in [5, 5.41) is 7.30. The van der Waals surface area contributed by atoms with Crippen molar-refractivity contribution in [3.63, 3.8) is 0 Å². The molecular formula is C55H34N4S. The molecule has 3 heterocycles. The molecule has 0 radical (unpaired) electrons. The molecule has 0 spiro atoms. The predicted molar refractivity (Wildman–Crippen MR) is 252 cm³/mol. The summed E-state index contributed by atoms with van der Waals surface area (Å²) < 4.78 is 4.96. The van der Waals surface area contributed by atoms with E-state index in [0.29, 0.717) is 17.5 Å². The number of nitrogens with zero attached hydrogens (tertiary/aromatic N) is 4. The molecule has 0 atom stereocenters. The van der Waals surface area contributed by atoms with Crippen LogP contribution in [0.15, 0.2) is 206 Å². The SMILES string of the molecule is c1ccc(-c2ccc(-c3nc(-c4cccc(-c5cccc6c5sc5ccccc56)c4)nc(-c4ccc5ccccc5c4)n3)cc2-n2c3ccccc3c3ccccc32)cc1. The minimum absolute atomic E-state index is 0.613. The Hall–Kier alpha value is -7.73. The first-order valence-corrected chi connectivity index (χ1v) is 21.0. The lowest BCUT2D eigenvalue weighted by atomic mass is 10.00. The van der Waals surface area contributed by atoms with Gasteiger partial charge < -0.3 is 4.57 Å². The molecule has 12 aromatic rings.